The number of benzene rings is 2. The van der Waals surface area contributed by atoms with Crippen LogP contribution in [-0.2, 0) is 6.61 Å². The highest BCUT2D eigenvalue weighted by molar-refractivity contribution is 9.10. The summed E-state index contributed by atoms with van der Waals surface area (Å²) in [5, 5.41) is 9.21. The van der Waals surface area contributed by atoms with Gasteiger partial charge in [0.15, 0.2) is 0 Å². The summed E-state index contributed by atoms with van der Waals surface area (Å²) in [4.78, 5) is 2.25. The van der Waals surface area contributed by atoms with E-state index in [1.807, 2.05) is 12.1 Å². The Morgan fingerprint density at radius 1 is 1.11 bits per heavy atom. The molecule has 0 heterocycles. The Labute approximate surface area is 122 Å². The molecule has 0 spiro atoms. The smallest absolute Gasteiger partial charge is 0.0692 e. The highest BCUT2D eigenvalue weighted by atomic mass is 79.9. The number of aliphatic hydroxyl groups excluding tert-OH is 1. The summed E-state index contributed by atoms with van der Waals surface area (Å²) in [6, 6.07) is 14.5. The van der Waals surface area contributed by atoms with Crippen LogP contribution in [0.1, 0.15) is 18.1 Å². The third-order valence-electron chi connectivity index (χ3n) is 3.15. The van der Waals surface area contributed by atoms with E-state index < -0.39 is 0 Å². The Kier molecular flexibility index (Phi) is 4.61. The van der Waals surface area contributed by atoms with Crippen molar-refractivity contribution in [2.75, 3.05) is 11.4 Å². The maximum absolute atomic E-state index is 9.21. The van der Waals surface area contributed by atoms with Gasteiger partial charge in [-0.25, -0.2) is 0 Å². The van der Waals surface area contributed by atoms with Crippen LogP contribution in [0.4, 0.5) is 11.4 Å². The van der Waals surface area contributed by atoms with Gasteiger partial charge in [-0.3, -0.25) is 0 Å². The SMILES string of the molecule is CCN(c1cccc(C)c1)c1ccc(CO)c(Br)c1. The Hall–Kier alpha value is -1.32. The molecule has 0 aliphatic carbocycles. The normalized spacial score (nSPS) is 10.5. The first-order valence-corrected chi connectivity index (χ1v) is 7.18. The van der Waals surface area contributed by atoms with E-state index in [4.69, 9.17) is 0 Å². The van der Waals surface area contributed by atoms with Crippen LogP contribution in [-0.4, -0.2) is 11.7 Å². The maximum atomic E-state index is 9.21. The predicted molar refractivity (Wildman–Crippen MR) is 83.9 cm³/mol. The van der Waals surface area contributed by atoms with Crippen LogP contribution in [0.3, 0.4) is 0 Å². The van der Waals surface area contributed by atoms with Crippen molar-refractivity contribution in [3.05, 3.63) is 58.1 Å². The van der Waals surface area contributed by atoms with Gasteiger partial charge >= 0.3 is 0 Å². The molecule has 0 unspecified atom stereocenters. The van der Waals surface area contributed by atoms with Crippen LogP contribution < -0.4 is 4.90 Å². The summed E-state index contributed by atoms with van der Waals surface area (Å²) < 4.78 is 0.943. The van der Waals surface area contributed by atoms with Gasteiger partial charge in [0.25, 0.3) is 0 Å². The zero-order valence-corrected chi connectivity index (χ0v) is 12.8. The summed E-state index contributed by atoms with van der Waals surface area (Å²) in [6.45, 7) is 5.18. The number of aryl methyl sites for hydroxylation is 1. The second-order valence-corrected chi connectivity index (χ2v) is 5.37. The van der Waals surface area contributed by atoms with Gasteiger partial charge in [-0.05, 0) is 49.2 Å². The largest absolute Gasteiger partial charge is 0.392 e. The van der Waals surface area contributed by atoms with Crippen molar-refractivity contribution in [2.45, 2.75) is 20.5 Å². The molecule has 2 rings (SSSR count). The zero-order chi connectivity index (χ0) is 13.8. The third-order valence-corrected chi connectivity index (χ3v) is 3.89. The first-order chi connectivity index (χ1) is 9.15. The van der Waals surface area contributed by atoms with Crippen LogP contribution in [0, 0.1) is 6.92 Å². The van der Waals surface area contributed by atoms with E-state index in [2.05, 4.69) is 65.0 Å². The third kappa shape index (κ3) is 3.17. The van der Waals surface area contributed by atoms with E-state index in [1.165, 1.54) is 11.3 Å². The fourth-order valence-corrected chi connectivity index (χ4v) is 2.63. The van der Waals surface area contributed by atoms with E-state index in [0.29, 0.717) is 0 Å². The van der Waals surface area contributed by atoms with Crippen LogP contribution in [0.15, 0.2) is 46.9 Å². The summed E-state index contributed by atoms with van der Waals surface area (Å²) >= 11 is 3.51. The highest BCUT2D eigenvalue weighted by Crippen LogP contribution is 2.29. The first-order valence-electron chi connectivity index (χ1n) is 6.39. The average molecular weight is 320 g/mol. The summed E-state index contributed by atoms with van der Waals surface area (Å²) in [5.74, 6) is 0. The van der Waals surface area contributed by atoms with Gasteiger partial charge in [-0.2, -0.15) is 0 Å². The van der Waals surface area contributed by atoms with Crippen molar-refractivity contribution >= 4 is 27.3 Å². The molecule has 3 heteroatoms. The zero-order valence-electron chi connectivity index (χ0n) is 11.2. The number of hydrogen-bond donors (Lipinski definition) is 1. The van der Waals surface area contributed by atoms with Crippen molar-refractivity contribution in [1.29, 1.82) is 0 Å². The van der Waals surface area contributed by atoms with Gasteiger partial charge in [0.1, 0.15) is 0 Å². The number of halogens is 1. The van der Waals surface area contributed by atoms with Crippen molar-refractivity contribution in [2.24, 2.45) is 0 Å². The van der Waals surface area contributed by atoms with Gasteiger partial charge in [-0.1, -0.05) is 34.1 Å². The lowest BCUT2D eigenvalue weighted by molar-refractivity contribution is 0.281. The summed E-state index contributed by atoms with van der Waals surface area (Å²) in [5.41, 5.74) is 4.47. The van der Waals surface area contributed by atoms with Crippen LogP contribution in [0.2, 0.25) is 0 Å². The number of anilines is 2. The monoisotopic (exact) mass is 319 g/mol. The Morgan fingerprint density at radius 3 is 2.42 bits per heavy atom. The number of nitrogens with zero attached hydrogens (tertiary/aromatic N) is 1. The molecule has 0 saturated heterocycles. The standard InChI is InChI=1S/C16H18BrNO/c1-3-18(14-6-4-5-12(2)9-14)15-8-7-13(11-19)16(17)10-15/h4-10,19H,3,11H2,1-2H3. The number of rotatable bonds is 4. The molecule has 100 valence electrons. The minimum absolute atomic E-state index is 0.0530. The van der Waals surface area contributed by atoms with Gasteiger partial charge < -0.3 is 10.0 Å². The highest BCUT2D eigenvalue weighted by Gasteiger charge is 2.09. The lowest BCUT2D eigenvalue weighted by atomic mass is 10.1. The second-order valence-electron chi connectivity index (χ2n) is 4.52. The van der Waals surface area contributed by atoms with Crippen molar-refractivity contribution in [3.63, 3.8) is 0 Å². The summed E-state index contributed by atoms with van der Waals surface area (Å²) in [6.07, 6.45) is 0. The molecule has 0 fully saturated rings. The molecule has 0 bridgehead atoms. The van der Waals surface area contributed by atoms with E-state index in [0.717, 1.165) is 22.3 Å². The van der Waals surface area contributed by atoms with Crippen molar-refractivity contribution < 1.29 is 5.11 Å². The average Bonchev–Trinajstić information content (AvgIpc) is 2.40. The molecule has 1 N–H and O–H groups in total. The van der Waals surface area contributed by atoms with Crippen molar-refractivity contribution in [1.82, 2.24) is 0 Å². The number of hydrogen-bond acceptors (Lipinski definition) is 2. The fourth-order valence-electron chi connectivity index (χ4n) is 2.14. The molecule has 19 heavy (non-hydrogen) atoms. The van der Waals surface area contributed by atoms with Gasteiger partial charge in [0.05, 0.1) is 6.61 Å². The second kappa shape index (κ2) is 6.22. The van der Waals surface area contributed by atoms with E-state index in [-0.39, 0.29) is 6.61 Å². The van der Waals surface area contributed by atoms with Gasteiger partial charge in [-0.15, -0.1) is 0 Å². The lowest BCUT2D eigenvalue weighted by Crippen LogP contribution is -2.16. The van der Waals surface area contributed by atoms with E-state index in [9.17, 15) is 5.11 Å². The van der Waals surface area contributed by atoms with E-state index >= 15 is 0 Å². The number of aliphatic hydroxyl groups is 1. The van der Waals surface area contributed by atoms with Gasteiger partial charge in [0.2, 0.25) is 0 Å². The predicted octanol–water partition coefficient (Wildman–Crippen LogP) is 4.41. The minimum Gasteiger partial charge on any atom is -0.392 e. The van der Waals surface area contributed by atoms with Crippen LogP contribution in [0.25, 0.3) is 0 Å². The molecular weight excluding hydrogens is 302 g/mol. The molecule has 2 aromatic carbocycles. The van der Waals surface area contributed by atoms with E-state index in [1.54, 1.807) is 0 Å². The summed E-state index contributed by atoms with van der Waals surface area (Å²) in [7, 11) is 0. The lowest BCUT2D eigenvalue weighted by Gasteiger charge is -2.24. The van der Waals surface area contributed by atoms with Crippen LogP contribution in [0.5, 0.6) is 0 Å². The molecule has 2 nitrogen and oxygen atoms in total. The van der Waals surface area contributed by atoms with Crippen LogP contribution >= 0.6 is 15.9 Å². The molecule has 0 aliphatic rings. The first kappa shape index (κ1) is 14.1. The Bertz CT molecular complexity index is 568. The maximum Gasteiger partial charge on any atom is 0.0692 e. The molecule has 2 aromatic rings. The molecule has 0 saturated carbocycles. The minimum atomic E-state index is 0.0530. The molecule has 0 aromatic heterocycles. The molecule has 0 amide bonds. The molecule has 0 radical (unpaired) electrons. The van der Waals surface area contributed by atoms with Crippen molar-refractivity contribution in [3.8, 4) is 0 Å². The Morgan fingerprint density at radius 2 is 1.84 bits per heavy atom. The Balaban J connectivity index is 2.39. The molecule has 0 aliphatic heterocycles. The topological polar surface area (TPSA) is 23.5 Å². The quantitative estimate of drug-likeness (QED) is 0.902. The fraction of sp³-hybridized carbons (Fsp3) is 0.250. The molecular formula is C16H18BrNO. The molecule has 0 atom stereocenters. The van der Waals surface area contributed by atoms with Gasteiger partial charge in [0, 0.05) is 22.4 Å².